The third-order valence-electron chi connectivity index (χ3n) is 2.34. The number of halogens is 1. The van der Waals surface area contributed by atoms with Gasteiger partial charge >= 0.3 is 5.97 Å². The standard InChI is InChI=1S/C11H17BrO2/c1-6-11(3,4)9(7-8(2)12)10(13)14-5/h6,9H,1-2,7H2,3-5H3. The van der Waals surface area contributed by atoms with Gasteiger partial charge in [0.2, 0.25) is 0 Å². The quantitative estimate of drug-likeness (QED) is 0.560. The minimum atomic E-state index is -0.288. The lowest BCUT2D eigenvalue weighted by molar-refractivity contribution is -0.148. The van der Waals surface area contributed by atoms with Crippen LogP contribution in [0.15, 0.2) is 23.7 Å². The Balaban J connectivity index is 4.80. The molecule has 0 spiro atoms. The van der Waals surface area contributed by atoms with Crippen molar-refractivity contribution in [3.05, 3.63) is 23.7 Å². The molecule has 0 aliphatic rings. The van der Waals surface area contributed by atoms with E-state index in [1.807, 2.05) is 13.8 Å². The van der Waals surface area contributed by atoms with Crippen LogP contribution in [0.25, 0.3) is 0 Å². The third kappa shape index (κ3) is 3.66. The molecule has 0 saturated heterocycles. The molecule has 0 amide bonds. The average Bonchev–Trinajstić information content (AvgIpc) is 2.12. The molecule has 0 saturated carbocycles. The molecule has 0 aromatic heterocycles. The van der Waals surface area contributed by atoms with E-state index in [0.29, 0.717) is 6.42 Å². The van der Waals surface area contributed by atoms with Crippen LogP contribution in [0, 0.1) is 11.3 Å². The number of ether oxygens (including phenoxy) is 1. The zero-order chi connectivity index (χ0) is 11.4. The lowest BCUT2D eigenvalue weighted by Crippen LogP contribution is -2.30. The molecular weight excluding hydrogens is 244 g/mol. The van der Waals surface area contributed by atoms with Gasteiger partial charge in [-0.3, -0.25) is 4.79 Å². The molecule has 80 valence electrons. The van der Waals surface area contributed by atoms with E-state index in [4.69, 9.17) is 4.74 Å². The highest BCUT2D eigenvalue weighted by Crippen LogP contribution is 2.34. The summed E-state index contributed by atoms with van der Waals surface area (Å²) in [4.78, 5) is 11.5. The largest absolute Gasteiger partial charge is 0.469 e. The van der Waals surface area contributed by atoms with E-state index in [2.05, 4.69) is 29.1 Å². The van der Waals surface area contributed by atoms with E-state index in [9.17, 15) is 4.79 Å². The molecular formula is C11H17BrO2. The fourth-order valence-electron chi connectivity index (χ4n) is 1.16. The van der Waals surface area contributed by atoms with Crippen LogP contribution in [0.1, 0.15) is 20.3 Å². The lowest BCUT2D eigenvalue weighted by atomic mass is 9.77. The Hall–Kier alpha value is -0.570. The van der Waals surface area contributed by atoms with Crippen molar-refractivity contribution in [2.24, 2.45) is 11.3 Å². The van der Waals surface area contributed by atoms with Crippen molar-refractivity contribution in [1.82, 2.24) is 0 Å². The Morgan fingerprint density at radius 2 is 2.14 bits per heavy atom. The first-order chi connectivity index (χ1) is 6.35. The summed E-state index contributed by atoms with van der Waals surface area (Å²) >= 11 is 3.26. The van der Waals surface area contributed by atoms with Crippen molar-refractivity contribution in [2.45, 2.75) is 20.3 Å². The van der Waals surface area contributed by atoms with Crippen LogP contribution in [0.2, 0.25) is 0 Å². The fraction of sp³-hybridized carbons (Fsp3) is 0.545. The van der Waals surface area contributed by atoms with E-state index in [0.717, 1.165) is 4.48 Å². The third-order valence-corrected chi connectivity index (χ3v) is 2.66. The second-order valence-electron chi connectivity index (χ2n) is 3.82. The van der Waals surface area contributed by atoms with E-state index < -0.39 is 0 Å². The summed E-state index contributed by atoms with van der Waals surface area (Å²) in [6, 6.07) is 0. The minimum absolute atomic E-state index is 0.226. The Kier molecular flexibility index (Phi) is 5.13. The van der Waals surface area contributed by atoms with Crippen LogP contribution in [-0.4, -0.2) is 13.1 Å². The zero-order valence-corrected chi connectivity index (χ0v) is 10.6. The van der Waals surface area contributed by atoms with Gasteiger partial charge in [0.15, 0.2) is 0 Å². The van der Waals surface area contributed by atoms with Crippen molar-refractivity contribution < 1.29 is 9.53 Å². The number of carbonyl (C=O) groups is 1. The number of hydrogen-bond donors (Lipinski definition) is 0. The molecule has 3 heteroatoms. The summed E-state index contributed by atoms with van der Waals surface area (Å²) in [5.74, 6) is -0.465. The van der Waals surface area contributed by atoms with Crippen molar-refractivity contribution in [2.75, 3.05) is 7.11 Å². The number of allylic oxidation sites excluding steroid dienone is 2. The Bertz CT molecular complexity index is 244. The molecule has 1 unspecified atom stereocenters. The van der Waals surface area contributed by atoms with Crippen molar-refractivity contribution in [3.8, 4) is 0 Å². The molecule has 0 fully saturated rings. The number of hydrogen-bond acceptors (Lipinski definition) is 2. The van der Waals surface area contributed by atoms with Gasteiger partial charge in [-0.15, -0.1) is 6.58 Å². The molecule has 1 atom stereocenters. The van der Waals surface area contributed by atoms with Gasteiger partial charge in [0.05, 0.1) is 13.0 Å². The second kappa shape index (κ2) is 5.35. The Morgan fingerprint density at radius 3 is 2.43 bits per heavy atom. The summed E-state index contributed by atoms with van der Waals surface area (Å²) in [5.41, 5.74) is -0.288. The van der Waals surface area contributed by atoms with Gasteiger partial charge < -0.3 is 4.74 Å². The molecule has 0 rings (SSSR count). The predicted molar refractivity (Wildman–Crippen MR) is 62.2 cm³/mol. The number of rotatable bonds is 5. The summed E-state index contributed by atoms with van der Waals surface area (Å²) in [6.07, 6.45) is 2.33. The van der Waals surface area contributed by atoms with Crippen LogP contribution in [-0.2, 0) is 9.53 Å². The zero-order valence-electron chi connectivity index (χ0n) is 8.97. The second-order valence-corrected chi connectivity index (χ2v) is 4.94. The Morgan fingerprint density at radius 1 is 1.64 bits per heavy atom. The molecule has 0 aliphatic carbocycles. The van der Waals surface area contributed by atoms with Crippen LogP contribution in [0.3, 0.4) is 0 Å². The highest BCUT2D eigenvalue weighted by atomic mass is 79.9. The van der Waals surface area contributed by atoms with Crippen LogP contribution < -0.4 is 0 Å². The van der Waals surface area contributed by atoms with Crippen molar-refractivity contribution >= 4 is 21.9 Å². The molecule has 0 bridgehead atoms. The smallest absolute Gasteiger partial charge is 0.309 e. The minimum Gasteiger partial charge on any atom is -0.469 e. The molecule has 0 heterocycles. The van der Waals surface area contributed by atoms with Crippen molar-refractivity contribution in [3.63, 3.8) is 0 Å². The van der Waals surface area contributed by atoms with Gasteiger partial charge in [0.1, 0.15) is 0 Å². The number of esters is 1. The van der Waals surface area contributed by atoms with E-state index in [1.165, 1.54) is 7.11 Å². The van der Waals surface area contributed by atoms with Gasteiger partial charge in [0, 0.05) is 0 Å². The van der Waals surface area contributed by atoms with Gasteiger partial charge in [-0.05, 0) is 16.3 Å². The molecule has 14 heavy (non-hydrogen) atoms. The van der Waals surface area contributed by atoms with Crippen LogP contribution in [0.4, 0.5) is 0 Å². The first kappa shape index (κ1) is 13.4. The first-order valence-corrected chi connectivity index (χ1v) is 5.19. The van der Waals surface area contributed by atoms with Gasteiger partial charge in [0.25, 0.3) is 0 Å². The summed E-state index contributed by atoms with van der Waals surface area (Å²) in [7, 11) is 1.39. The lowest BCUT2D eigenvalue weighted by Gasteiger charge is -2.28. The molecule has 0 aliphatic heterocycles. The van der Waals surface area contributed by atoms with Crippen molar-refractivity contribution in [1.29, 1.82) is 0 Å². The normalized spacial score (nSPS) is 13.1. The number of methoxy groups -OCH3 is 1. The number of carbonyl (C=O) groups excluding carboxylic acids is 1. The van der Waals surface area contributed by atoms with Crippen LogP contribution in [0.5, 0.6) is 0 Å². The van der Waals surface area contributed by atoms with E-state index in [1.54, 1.807) is 6.08 Å². The Labute approximate surface area is 94.2 Å². The molecule has 0 N–H and O–H groups in total. The first-order valence-electron chi connectivity index (χ1n) is 4.40. The van der Waals surface area contributed by atoms with Crippen LogP contribution >= 0.6 is 15.9 Å². The summed E-state index contributed by atoms with van der Waals surface area (Å²) in [5, 5.41) is 0. The summed E-state index contributed by atoms with van der Waals surface area (Å²) < 4.78 is 5.55. The monoisotopic (exact) mass is 260 g/mol. The maximum Gasteiger partial charge on any atom is 0.309 e. The molecule has 0 aromatic carbocycles. The van der Waals surface area contributed by atoms with Gasteiger partial charge in [-0.25, -0.2) is 0 Å². The predicted octanol–water partition coefficient (Wildman–Crippen LogP) is 3.29. The molecule has 0 radical (unpaired) electrons. The topological polar surface area (TPSA) is 26.3 Å². The van der Waals surface area contributed by atoms with Gasteiger partial charge in [-0.2, -0.15) is 0 Å². The highest BCUT2D eigenvalue weighted by Gasteiger charge is 2.33. The molecule has 0 aromatic rings. The fourth-order valence-corrected chi connectivity index (χ4v) is 1.48. The summed E-state index contributed by atoms with van der Waals surface area (Å²) in [6.45, 7) is 11.4. The SMILES string of the molecule is C=CC(C)(C)C(CC(=C)Br)C(=O)OC. The van der Waals surface area contributed by atoms with E-state index >= 15 is 0 Å². The van der Waals surface area contributed by atoms with E-state index in [-0.39, 0.29) is 17.3 Å². The van der Waals surface area contributed by atoms with Gasteiger partial charge in [-0.1, -0.05) is 42.4 Å². The average molecular weight is 261 g/mol. The highest BCUT2D eigenvalue weighted by molar-refractivity contribution is 9.11. The maximum absolute atomic E-state index is 11.5. The molecule has 2 nitrogen and oxygen atoms in total. The maximum atomic E-state index is 11.5.